The number of hydrogen-bond acceptors (Lipinski definition) is 8. The number of amidine groups is 1. The molecule has 3 rings (SSSR count). The van der Waals surface area contributed by atoms with Gasteiger partial charge in [0.2, 0.25) is 0 Å². The molecule has 9 nitrogen and oxygen atoms in total. The highest BCUT2D eigenvalue weighted by molar-refractivity contribution is 8.14. The largest absolute Gasteiger partial charge is 0.473 e. The molecule has 1 fully saturated rings. The topological polar surface area (TPSA) is 115 Å². The molecule has 12 heteroatoms. The maximum absolute atomic E-state index is 9.10. The molecule has 2 aliphatic rings. The maximum Gasteiger partial charge on any atom is 0.414 e. The Labute approximate surface area is 182 Å². The number of morpholine rings is 1. The zero-order valence-corrected chi connectivity index (χ0v) is 18.0. The zero-order chi connectivity index (χ0) is 21.4. The van der Waals surface area contributed by atoms with Crippen LogP contribution in [-0.4, -0.2) is 77.0 Å². The summed E-state index contributed by atoms with van der Waals surface area (Å²) in [6.45, 7) is 6.76. The molecule has 0 radical (unpaired) electrons. The van der Waals surface area contributed by atoms with Crippen LogP contribution in [0.25, 0.3) is 0 Å². The van der Waals surface area contributed by atoms with Gasteiger partial charge >= 0.3 is 11.9 Å². The van der Waals surface area contributed by atoms with E-state index in [0.29, 0.717) is 10.0 Å². The lowest BCUT2D eigenvalue weighted by Gasteiger charge is -2.26. The summed E-state index contributed by atoms with van der Waals surface area (Å²) in [5.74, 6) is -2.66. The highest BCUT2D eigenvalue weighted by Crippen LogP contribution is 2.29. The first-order valence-corrected chi connectivity index (χ1v) is 10.5. The fourth-order valence-corrected chi connectivity index (χ4v) is 3.84. The predicted molar refractivity (Wildman–Crippen MR) is 114 cm³/mol. The van der Waals surface area contributed by atoms with Crippen LogP contribution < -0.4 is 10.4 Å². The van der Waals surface area contributed by atoms with Crippen molar-refractivity contribution in [2.24, 2.45) is 4.99 Å². The summed E-state index contributed by atoms with van der Waals surface area (Å²) in [5.41, 5.74) is 4.27. The van der Waals surface area contributed by atoms with Gasteiger partial charge in [-0.3, -0.25) is 9.91 Å². The van der Waals surface area contributed by atoms with Gasteiger partial charge in [-0.05, 0) is 25.1 Å². The van der Waals surface area contributed by atoms with E-state index in [9.17, 15) is 0 Å². The van der Waals surface area contributed by atoms with E-state index in [0.717, 1.165) is 49.5 Å². The number of halogens is 2. The van der Waals surface area contributed by atoms with Gasteiger partial charge in [-0.2, -0.15) is 0 Å². The molecule has 0 aliphatic carbocycles. The van der Waals surface area contributed by atoms with Crippen LogP contribution in [0.4, 0.5) is 5.69 Å². The first kappa shape index (κ1) is 23.7. The van der Waals surface area contributed by atoms with Crippen molar-refractivity contribution in [3.05, 3.63) is 28.2 Å². The van der Waals surface area contributed by atoms with E-state index in [1.54, 1.807) is 17.8 Å². The molecule has 1 saturated heterocycles. The molecule has 0 saturated carbocycles. The van der Waals surface area contributed by atoms with Crippen molar-refractivity contribution in [1.29, 1.82) is 0 Å². The number of aliphatic imine (C=N–C) groups is 1. The van der Waals surface area contributed by atoms with Crippen LogP contribution in [0.5, 0.6) is 0 Å². The molecule has 160 valence electrons. The van der Waals surface area contributed by atoms with Crippen LogP contribution in [0.15, 0.2) is 23.2 Å². The number of benzene rings is 1. The summed E-state index contributed by atoms with van der Waals surface area (Å²) in [6, 6.07) is 5.60. The summed E-state index contributed by atoms with van der Waals surface area (Å²) in [4.78, 5) is 25.3. The number of nitrogens with one attached hydrogen (secondary N) is 1. The van der Waals surface area contributed by atoms with Crippen LogP contribution in [0.2, 0.25) is 10.0 Å². The highest BCUT2D eigenvalue weighted by atomic mass is 35.5. The van der Waals surface area contributed by atoms with Gasteiger partial charge in [0, 0.05) is 25.4 Å². The number of thioether (sulfide) groups is 1. The smallest absolute Gasteiger partial charge is 0.414 e. The molecule has 0 aromatic heterocycles. The third-order valence-electron chi connectivity index (χ3n) is 3.90. The van der Waals surface area contributed by atoms with E-state index in [2.05, 4.69) is 15.3 Å². The Bertz CT molecular complexity index is 749. The average Bonchev–Trinajstić information content (AvgIpc) is 3.06. The van der Waals surface area contributed by atoms with E-state index >= 15 is 0 Å². The van der Waals surface area contributed by atoms with Gasteiger partial charge in [0.05, 0.1) is 28.9 Å². The van der Waals surface area contributed by atoms with E-state index in [1.165, 1.54) is 0 Å². The van der Waals surface area contributed by atoms with Crippen molar-refractivity contribution in [3.8, 4) is 0 Å². The number of carboxylic acid groups (broad SMARTS) is 2. The molecule has 1 aromatic rings. The number of anilines is 1. The van der Waals surface area contributed by atoms with Crippen molar-refractivity contribution in [2.75, 3.05) is 43.6 Å². The van der Waals surface area contributed by atoms with Gasteiger partial charge in [0.1, 0.15) is 6.17 Å². The van der Waals surface area contributed by atoms with Crippen molar-refractivity contribution in [1.82, 2.24) is 10.3 Å². The standard InChI is InChI=1S/C15H20Cl2N4OS.C2H2O4/c1-11-18-15(23-9-6-20-4-7-22-8-5-20)21(19-11)12-2-3-13(16)14(17)10-12;3-1(4)2(5)6/h2-3,10-11,19H,4-9H2,1H3;(H,3,4)(H,5,6). The molecular formula is C17H22Cl2N4O5S. The number of rotatable bonds is 4. The van der Waals surface area contributed by atoms with E-state index < -0.39 is 11.9 Å². The van der Waals surface area contributed by atoms with Gasteiger partial charge in [-0.25, -0.2) is 20.0 Å². The van der Waals surface area contributed by atoms with Crippen molar-refractivity contribution < 1.29 is 24.5 Å². The summed E-state index contributed by atoms with van der Waals surface area (Å²) in [5, 5.41) is 18.8. The summed E-state index contributed by atoms with van der Waals surface area (Å²) >= 11 is 13.9. The Balaban J connectivity index is 0.000000438. The maximum atomic E-state index is 9.10. The Hall–Kier alpha value is -1.56. The van der Waals surface area contributed by atoms with Gasteiger partial charge in [0.15, 0.2) is 5.17 Å². The lowest BCUT2D eigenvalue weighted by Crippen LogP contribution is -2.40. The predicted octanol–water partition coefficient (Wildman–Crippen LogP) is 2.24. The third-order valence-corrected chi connectivity index (χ3v) is 5.57. The molecule has 2 heterocycles. The SMILES string of the molecule is CC1N=C(SCCN2CCOCC2)N(c2ccc(Cl)c(Cl)c2)N1.O=C(O)C(=O)O. The number of hydrazine groups is 1. The Kier molecular flexibility index (Phi) is 9.47. The van der Waals surface area contributed by atoms with Gasteiger partial charge in [0.25, 0.3) is 0 Å². The fourth-order valence-electron chi connectivity index (χ4n) is 2.50. The van der Waals surface area contributed by atoms with Crippen molar-refractivity contribution in [2.45, 2.75) is 13.1 Å². The van der Waals surface area contributed by atoms with Crippen LogP contribution in [-0.2, 0) is 14.3 Å². The number of carbonyl (C=O) groups is 2. The molecule has 1 unspecified atom stereocenters. The van der Waals surface area contributed by atoms with Crippen molar-refractivity contribution >= 4 is 57.8 Å². The fraction of sp³-hybridized carbons (Fsp3) is 0.471. The Morgan fingerprint density at radius 3 is 2.48 bits per heavy atom. The number of hydrogen-bond donors (Lipinski definition) is 3. The zero-order valence-electron chi connectivity index (χ0n) is 15.7. The average molecular weight is 465 g/mol. The molecular weight excluding hydrogens is 443 g/mol. The number of nitrogens with zero attached hydrogens (tertiary/aromatic N) is 3. The Morgan fingerprint density at radius 1 is 1.24 bits per heavy atom. The van der Waals surface area contributed by atoms with Crippen molar-refractivity contribution in [3.63, 3.8) is 0 Å². The molecule has 29 heavy (non-hydrogen) atoms. The quantitative estimate of drug-likeness (QED) is 0.576. The van der Waals surface area contributed by atoms with E-state index in [4.69, 9.17) is 47.7 Å². The minimum atomic E-state index is -1.82. The van der Waals surface area contributed by atoms with Gasteiger partial charge in [-0.15, -0.1) is 0 Å². The molecule has 0 amide bonds. The second-order valence-electron chi connectivity index (χ2n) is 6.06. The highest BCUT2D eigenvalue weighted by Gasteiger charge is 2.24. The van der Waals surface area contributed by atoms with Gasteiger partial charge in [-0.1, -0.05) is 35.0 Å². The van der Waals surface area contributed by atoms with Crippen LogP contribution in [0.1, 0.15) is 6.92 Å². The first-order valence-electron chi connectivity index (χ1n) is 8.76. The number of ether oxygens (including phenoxy) is 1. The summed E-state index contributed by atoms with van der Waals surface area (Å²) in [6.07, 6.45) is 0.0512. The van der Waals surface area contributed by atoms with E-state index in [1.807, 2.05) is 24.1 Å². The molecule has 1 atom stereocenters. The first-order chi connectivity index (χ1) is 13.8. The minimum Gasteiger partial charge on any atom is -0.473 e. The third kappa shape index (κ3) is 7.65. The molecule has 2 aliphatic heterocycles. The van der Waals surface area contributed by atoms with E-state index in [-0.39, 0.29) is 6.17 Å². The lowest BCUT2D eigenvalue weighted by molar-refractivity contribution is -0.159. The lowest BCUT2D eigenvalue weighted by atomic mass is 10.3. The van der Waals surface area contributed by atoms with Gasteiger partial charge < -0.3 is 14.9 Å². The normalized spacial score (nSPS) is 19.3. The van der Waals surface area contributed by atoms with Crippen LogP contribution in [0, 0.1) is 0 Å². The Morgan fingerprint density at radius 2 is 1.90 bits per heavy atom. The second-order valence-corrected chi connectivity index (χ2v) is 7.94. The number of carboxylic acids is 2. The van der Waals surface area contributed by atoms with Crippen LogP contribution in [0.3, 0.4) is 0 Å². The minimum absolute atomic E-state index is 0.0512. The molecule has 1 aromatic carbocycles. The molecule has 3 N–H and O–H groups in total. The molecule has 0 bridgehead atoms. The monoisotopic (exact) mass is 464 g/mol. The summed E-state index contributed by atoms with van der Waals surface area (Å²) < 4.78 is 5.38. The summed E-state index contributed by atoms with van der Waals surface area (Å²) in [7, 11) is 0. The molecule has 0 spiro atoms. The van der Waals surface area contributed by atoms with Crippen LogP contribution >= 0.6 is 35.0 Å². The number of aliphatic carboxylic acids is 2. The second kappa shape index (κ2) is 11.6.